The van der Waals surface area contributed by atoms with E-state index in [-0.39, 0.29) is 11.1 Å². The van der Waals surface area contributed by atoms with Crippen molar-refractivity contribution >= 4 is 11.9 Å². The van der Waals surface area contributed by atoms with Gasteiger partial charge in [0.15, 0.2) is 0 Å². The second-order valence-electron chi connectivity index (χ2n) is 7.75. The largest absolute Gasteiger partial charge is 0.481 e. The van der Waals surface area contributed by atoms with E-state index < -0.39 is 23.8 Å². The van der Waals surface area contributed by atoms with Crippen molar-refractivity contribution in [3.63, 3.8) is 0 Å². The molecule has 2 N–H and O–H groups in total. The predicted molar refractivity (Wildman–Crippen MR) is 110 cm³/mol. The van der Waals surface area contributed by atoms with Crippen molar-refractivity contribution in [1.82, 2.24) is 9.88 Å². The SMILES string of the molecule is CCCCn1c(CCC)c(CC)cc(C(=O)NC2CCCCC2C(=O)O)c1=O. The van der Waals surface area contributed by atoms with E-state index in [9.17, 15) is 19.5 Å². The maximum atomic E-state index is 13.1. The van der Waals surface area contributed by atoms with Crippen molar-refractivity contribution < 1.29 is 14.7 Å². The summed E-state index contributed by atoms with van der Waals surface area (Å²) in [5.74, 6) is -1.89. The number of hydrogen-bond acceptors (Lipinski definition) is 3. The van der Waals surface area contributed by atoms with Crippen molar-refractivity contribution in [2.75, 3.05) is 0 Å². The highest BCUT2D eigenvalue weighted by molar-refractivity contribution is 5.94. The highest BCUT2D eigenvalue weighted by Crippen LogP contribution is 2.25. The molecule has 2 unspecified atom stereocenters. The Labute approximate surface area is 167 Å². The number of aryl methyl sites for hydroxylation is 1. The summed E-state index contributed by atoms with van der Waals surface area (Å²) in [7, 11) is 0. The van der Waals surface area contributed by atoms with Crippen LogP contribution in [-0.4, -0.2) is 27.6 Å². The number of rotatable bonds is 9. The molecule has 2 rings (SSSR count). The van der Waals surface area contributed by atoms with Gasteiger partial charge in [-0.25, -0.2) is 0 Å². The van der Waals surface area contributed by atoms with Gasteiger partial charge in [0.25, 0.3) is 11.5 Å². The zero-order chi connectivity index (χ0) is 20.7. The number of unbranched alkanes of at least 4 members (excludes halogenated alkanes) is 1. The molecule has 1 aliphatic rings. The molecule has 1 aliphatic carbocycles. The third-order valence-electron chi connectivity index (χ3n) is 5.74. The highest BCUT2D eigenvalue weighted by Gasteiger charge is 2.32. The summed E-state index contributed by atoms with van der Waals surface area (Å²) >= 11 is 0. The van der Waals surface area contributed by atoms with Gasteiger partial charge in [-0.15, -0.1) is 0 Å². The Bertz CT molecular complexity index is 754. The molecule has 1 saturated carbocycles. The van der Waals surface area contributed by atoms with E-state index >= 15 is 0 Å². The summed E-state index contributed by atoms with van der Waals surface area (Å²) in [4.78, 5) is 37.6. The van der Waals surface area contributed by atoms with E-state index in [0.29, 0.717) is 19.4 Å². The molecular weight excluding hydrogens is 356 g/mol. The molecule has 0 radical (unpaired) electrons. The summed E-state index contributed by atoms with van der Waals surface area (Å²) in [6, 6.07) is 1.31. The number of nitrogens with one attached hydrogen (secondary N) is 1. The minimum atomic E-state index is -0.877. The average Bonchev–Trinajstić information content (AvgIpc) is 2.68. The molecule has 6 heteroatoms. The number of aliphatic carboxylic acids is 1. The van der Waals surface area contributed by atoms with Crippen molar-refractivity contribution in [3.05, 3.63) is 33.2 Å². The first-order valence-corrected chi connectivity index (χ1v) is 10.7. The zero-order valence-corrected chi connectivity index (χ0v) is 17.4. The number of carbonyl (C=O) groups excluding carboxylic acids is 1. The van der Waals surface area contributed by atoms with Gasteiger partial charge in [0.05, 0.1) is 5.92 Å². The van der Waals surface area contributed by atoms with Crippen LogP contribution in [0.3, 0.4) is 0 Å². The molecular formula is C22H34N2O4. The molecule has 1 aromatic rings. The minimum Gasteiger partial charge on any atom is -0.481 e. The minimum absolute atomic E-state index is 0.141. The topological polar surface area (TPSA) is 88.4 Å². The fourth-order valence-electron chi connectivity index (χ4n) is 4.16. The molecule has 0 bridgehead atoms. The summed E-state index contributed by atoms with van der Waals surface area (Å²) in [6.07, 6.45) is 7.32. The lowest BCUT2D eigenvalue weighted by molar-refractivity contribution is -0.143. The highest BCUT2D eigenvalue weighted by atomic mass is 16.4. The molecule has 1 heterocycles. The molecule has 2 atom stereocenters. The third-order valence-corrected chi connectivity index (χ3v) is 5.74. The smallest absolute Gasteiger partial charge is 0.308 e. The van der Waals surface area contributed by atoms with Gasteiger partial charge in [-0.1, -0.05) is 46.5 Å². The normalized spacial score (nSPS) is 19.4. The molecule has 6 nitrogen and oxygen atoms in total. The van der Waals surface area contributed by atoms with Gasteiger partial charge < -0.3 is 15.0 Å². The first-order valence-electron chi connectivity index (χ1n) is 10.7. The Hall–Kier alpha value is -2.11. The Balaban J connectivity index is 2.39. The molecule has 1 fully saturated rings. The molecule has 156 valence electrons. The van der Waals surface area contributed by atoms with Crippen LogP contribution in [-0.2, 0) is 24.2 Å². The number of nitrogens with zero attached hydrogens (tertiary/aromatic N) is 1. The summed E-state index contributed by atoms with van der Waals surface area (Å²) < 4.78 is 1.77. The summed E-state index contributed by atoms with van der Waals surface area (Å²) in [5.41, 5.74) is 1.94. The molecule has 1 amide bonds. The summed E-state index contributed by atoms with van der Waals surface area (Å²) in [5, 5.41) is 12.3. The molecule has 0 aliphatic heterocycles. The third kappa shape index (κ3) is 5.03. The van der Waals surface area contributed by atoms with Crippen molar-refractivity contribution in [1.29, 1.82) is 0 Å². The van der Waals surface area contributed by atoms with Gasteiger partial charge in [0.2, 0.25) is 0 Å². The number of carboxylic acid groups (broad SMARTS) is 1. The molecule has 0 saturated heterocycles. The van der Waals surface area contributed by atoms with Gasteiger partial charge >= 0.3 is 5.97 Å². The van der Waals surface area contributed by atoms with E-state index in [4.69, 9.17) is 0 Å². The maximum absolute atomic E-state index is 13.1. The van der Waals surface area contributed by atoms with E-state index in [1.807, 2.05) is 6.92 Å². The van der Waals surface area contributed by atoms with Gasteiger partial charge in [0.1, 0.15) is 5.56 Å². The zero-order valence-electron chi connectivity index (χ0n) is 17.4. The van der Waals surface area contributed by atoms with Crippen molar-refractivity contribution in [2.24, 2.45) is 5.92 Å². The quantitative estimate of drug-likeness (QED) is 0.675. The predicted octanol–water partition coefficient (Wildman–Crippen LogP) is 3.54. The van der Waals surface area contributed by atoms with E-state index in [1.165, 1.54) is 0 Å². The standard InChI is InChI=1S/C22H34N2O4/c1-4-7-13-24-19(10-5-2)15(6-3)14-17(21(24)26)20(25)23-18-12-9-8-11-16(18)22(27)28/h14,16,18H,4-13H2,1-3H3,(H,23,25)(H,27,28). The van der Waals surface area contributed by atoms with Crippen molar-refractivity contribution in [3.8, 4) is 0 Å². The van der Waals surface area contributed by atoms with Crippen molar-refractivity contribution in [2.45, 2.75) is 91.1 Å². The van der Waals surface area contributed by atoms with Crippen LogP contribution in [0.15, 0.2) is 10.9 Å². The number of pyridine rings is 1. The van der Waals surface area contributed by atoms with Gasteiger partial charge in [-0.3, -0.25) is 14.4 Å². The lowest BCUT2D eigenvalue weighted by Crippen LogP contribution is -2.46. The second-order valence-corrected chi connectivity index (χ2v) is 7.75. The first-order chi connectivity index (χ1) is 13.4. The van der Waals surface area contributed by atoms with Crippen LogP contribution in [0, 0.1) is 5.92 Å². The van der Waals surface area contributed by atoms with Gasteiger partial charge in [-0.05, 0) is 43.7 Å². The van der Waals surface area contributed by atoms with Gasteiger partial charge in [-0.2, -0.15) is 0 Å². The van der Waals surface area contributed by atoms with Gasteiger partial charge in [0, 0.05) is 18.3 Å². The lowest BCUT2D eigenvalue weighted by Gasteiger charge is -2.29. The Morgan fingerprint density at radius 1 is 1.18 bits per heavy atom. The van der Waals surface area contributed by atoms with Crippen LogP contribution >= 0.6 is 0 Å². The lowest BCUT2D eigenvalue weighted by atomic mass is 9.84. The molecule has 0 aromatic carbocycles. The second kappa shape index (κ2) is 10.4. The van der Waals surface area contributed by atoms with Crippen LogP contribution in [0.25, 0.3) is 0 Å². The number of carbonyl (C=O) groups is 2. The van der Waals surface area contributed by atoms with Crippen LogP contribution in [0.4, 0.5) is 0 Å². The first kappa shape index (κ1) is 22.2. The van der Waals surface area contributed by atoms with Crippen LogP contribution in [0.5, 0.6) is 0 Å². The fraction of sp³-hybridized carbons (Fsp3) is 0.682. The molecule has 0 spiro atoms. The van der Waals surface area contributed by atoms with Crippen LogP contribution in [0.2, 0.25) is 0 Å². The maximum Gasteiger partial charge on any atom is 0.308 e. The number of carboxylic acids is 1. The van der Waals surface area contributed by atoms with E-state index in [1.54, 1.807) is 10.6 Å². The molecule has 28 heavy (non-hydrogen) atoms. The van der Waals surface area contributed by atoms with E-state index in [0.717, 1.165) is 56.2 Å². The van der Waals surface area contributed by atoms with Crippen LogP contribution in [0.1, 0.15) is 87.3 Å². The Kier molecular flexibility index (Phi) is 8.27. The van der Waals surface area contributed by atoms with Crippen LogP contribution < -0.4 is 10.9 Å². The molecule has 1 aromatic heterocycles. The Morgan fingerprint density at radius 2 is 1.89 bits per heavy atom. The van der Waals surface area contributed by atoms with E-state index in [2.05, 4.69) is 19.2 Å². The summed E-state index contributed by atoms with van der Waals surface area (Å²) in [6.45, 7) is 6.81. The number of aromatic nitrogens is 1. The monoisotopic (exact) mass is 390 g/mol. The number of hydrogen-bond donors (Lipinski definition) is 2. The fourth-order valence-corrected chi connectivity index (χ4v) is 4.16. The average molecular weight is 391 g/mol. The number of amides is 1. The Morgan fingerprint density at radius 3 is 2.50 bits per heavy atom.